The Morgan fingerprint density at radius 1 is 1.37 bits per heavy atom. The molecule has 0 saturated heterocycles. The summed E-state index contributed by atoms with van der Waals surface area (Å²) in [5.41, 5.74) is 0.280. The van der Waals surface area contributed by atoms with Gasteiger partial charge in [0, 0.05) is 13.1 Å². The second kappa shape index (κ2) is 6.01. The number of rotatable bonds is 5. The smallest absolute Gasteiger partial charge is 0.271 e. The molecule has 0 spiro atoms. The van der Waals surface area contributed by atoms with Gasteiger partial charge >= 0.3 is 0 Å². The zero-order chi connectivity index (χ0) is 13.7. The highest BCUT2D eigenvalue weighted by molar-refractivity contribution is 5.92. The number of likely N-dealkylation sites (N-methyl/N-ethyl adjacent to an activating group) is 1. The molecular formula is C11H15N7O. The number of carbonyl (C=O) groups excluding carboxylic acids is 1. The first-order valence-electron chi connectivity index (χ1n) is 5.78. The topological polar surface area (TPSA) is 88.8 Å². The summed E-state index contributed by atoms with van der Waals surface area (Å²) in [6.07, 6.45) is 2.92. The summed E-state index contributed by atoms with van der Waals surface area (Å²) >= 11 is 0. The molecule has 0 unspecified atom stereocenters. The lowest BCUT2D eigenvalue weighted by atomic mass is 10.3. The van der Waals surface area contributed by atoms with E-state index in [0.29, 0.717) is 12.4 Å². The fourth-order valence-corrected chi connectivity index (χ4v) is 1.38. The zero-order valence-electron chi connectivity index (χ0n) is 10.8. The molecule has 19 heavy (non-hydrogen) atoms. The molecule has 0 saturated carbocycles. The van der Waals surface area contributed by atoms with Gasteiger partial charge in [0.25, 0.3) is 5.91 Å². The molecule has 2 rings (SSSR count). The third-order valence-electron chi connectivity index (χ3n) is 2.38. The number of nitrogens with one attached hydrogen (secondary N) is 1. The summed E-state index contributed by atoms with van der Waals surface area (Å²) in [5.74, 6) is 0.279. The minimum absolute atomic E-state index is 0.237. The predicted octanol–water partition coefficient (Wildman–Crippen LogP) is -0.651. The molecule has 100 valence electrons. The SMILES string of the molecule is CN(C)CCNC(=O)c1ccc(-n2cncn2)nn1. The van der Waals surface area contributed by atoms with Crippen LogP contribution in [0.3, 0.4) is 0 Å². The first kappa shape index (κ1) is 13.1. The Morgan fingerprint density at radius 3 is 2.79 bits per heavy atom. The van der Waals surface area contributed by atoms with E-state index in [2.05, 4.69) is 25.6 Å². The normalized spacial score (nSPS) is 10.7. The first-order valence-corrected chi connectivity index (χ1v) is 5.78. The molecule has 1 N–H and O–H groups in total. The lowest BCUT2D eigenvalue weighted by molar-refractivity contribution is 0.0945. The number of carbonyl (C=O) groups is 1. The Bertz CT molecular complexity index is 520. The van der Waals surface area contributed by atoms with Crippen LogP contribution in [-0.4, -0.2) is 63.0 Å². The number of nitrogens with zero attached hydrogens (tertiary/aromatic N) is 6. The molecule has 2 aromatic heterocycles. The zero-order valence-corrected chi connectivity index (χ0v) is 10.8. The first-order chi connectivity index (χ1) is 9.16. The molecule has 0 radical (unpaired) electrons. The van der Waals surface area contributed by atoms with Gasteiger partial charge in [-0.15, -0.1) is 10.2 Å². The predicted molar refractivity (Wildman–Crippen MR) is 67.8 cm³/mol. The summed E-state index contributed by atoms with van der Waals surface area (Å²) in [4.78, 5) is 17.6. The minimum atomic E-state index is -0.237. The minimum Gasteiger partial charge on any atom is -0.349 e. The summed E-state index contributed by atoms with van der Waals surface area (Å²) < 4.78 is 1.47. The summed E-state index contributed by atoms with van der Waals surface area (Å²) in [6.45, 7) is 1.34. The van der Waals surface area contributed by atoms with Crippen LogP contribution in [0.15, 0.2) is 24.8 Å². The van der Waals surface area contributed by atoms with Gasteiger partial charge in [-0.3, -0.25) is 4.79 Å². The molecule has 0 aliphatic rings. The van der Waals surface area contributed by atoms with E-state index in [0.717, 1.165) is 6.54 Å². The maximum Gasteiger partial charge on any atom is 0.271 e. The van der Waals surface area contributed by atoms with Crippen molar-refractivity contribution in [2.75, 3.05) is 27.2 Å². The second-order valence-electron chi connectivity index (χ2n) is 4.18. The van der Waals surface area contributed by atoms with Crippen molar-refractivity contribution in [2.45, 2.75) is 0 Å². The number of hydrogen-bond donors (Lipinski definition) is 1. The summed E-state index contributed by atoms with van der Waals surface area (Å²) in [7, 11) is 3.89. The number of amides is 1. The molecule has 8 heteroatoms. The molecule has 0 aliphatic carbocycles. The van der Waals surface area contributed by atoms with E-state index in [-0.39, 0.29) is 11.6 Å². The molecule has 0 atom stereocenters. The van der Waals surface area contributed by atoms with Crippen LogP contribution in [0.25, 0.3) is 5.82 Å². The van der Waals surface area contributed by atoms with Gasteiger partial charge in [0.15, 0.2) is 11.5 Å². The van der Waals surface area contributed by atoms with Crippen molar-refractivity contribution >= 4 is 5.91 Å². The van der Waals surface area contributed by atoms with Crippen LogP contribution in [0.1, 0.15) is 10.5 Å². The van der Waals surface area contributed by atoms with Crippen molar-refractivity contribution in [3.63, 3.8) is 0 Å². The quantitative estimate of drug-likeness (QED) is 0.769. The monoisotopic (exact) mass is 261 g/mol. The second-order valence-corrected chi connectivity index (χ2v) is 4.18. The molecular weight excluding hydrogens is 246 g/mol. The highest BCUT2D eigenvalue weighted by atomic mass is 16.1. The summed E-state index contributed by atoms with van der Waals surface area (Å²) in [6, 6.07) is 3.28. The van der Waals surface area contributed by atoms with Gasteiger partial charge in [-0.25, -0.2) is 9.67 Å². The molecule has 2 aromatic rings. The Morgan fingerprint density at radius 2 is 2.21 bits per heavy atom. The highest BCUT2D eigenvalue weighted by Crippen LogP contribution is 2.00. The molecule has 0 fully saturated rings. The van der Waals surface area contributed by atoms with Crippen molar-refractivity contribution in [2.24, 2.45) is 0 Å². The van der Waals surface area contributed by atoms with Gasteiger partial charge in [0.2, 0.25) is 0 Å². The number of aromatic nitrogens is 5. The van der Waals surface area contributed by atoms with Gasteiger partial charge < -0.3 is 10.2 Å². The molecule has 2 heterocycles. The van der Waals surface area contributed by atoms with E-state index in [1.807, 2.05) is 19.0 Å². The fourth-order valence-electron chi connectivity index (χ4n) is 1.38. The Hall–Kier alpha value is -2.35. The van der Waals surface area contributed by atoms with E-state index in [4.69, 9.17) is 0 Å². The lowest BCUT2D eigenvalue weighted by Gasteiger charge is -2.09. The van der Waals surface area contributed by atoms with Gasteiger partial charge in [-0.05, 0) is 26.2 Å². The van der Waals surface area contributed by atoms with Crippen molar-refractivity contribution in [1.82, 2.24) is 35.2 Å². The third kappa shape index (κ3) is 3.55. The van der Waals surface area contributed by atoms with E-state index in [1.54, 1.807) is 12.1 Å². The van der Waals surface area contributed by atoms with Crippen LogP contribution < -0.4 is 5.32 Å². The van der Waals surface area contributed by atoms with Crippen LogP contribution >= 0.6 is 0 Å². The maximum absolute atomic E-state index is 11.8. The van der Waals surface area contributed by atoms with Crippen LogP contribution in [0.4, 0.5) is 0 Å². The van der Waals surface area contributed by atoms with Crippen LogP contribution in [-0.2, 0) is 0 Å². The Balaban J connectivity index is 1.96. The summed E-state index contributed by atoms with van der Waals surface area (Å²) in [5, 5.41) is 14.5. The van der Waals surface area contributed by atoms with Crippen molar-refractivity contribution in [3.8, 4) is 5.82 Å². The van der Waals surface area contributed by atoms with E-state index in [9.17, 15) is 4.79 Å². The van der Waals surface area contributed by atoms with Crippen molar-refractivity contribution in [1.29, 1.82) is 0 Å². The highest BCUT2D eigenvalue weighted by Gasteiger charge is 2.08. The van der Waals surface area contributed by atoms with E-state index < -0.39 is 0 Å². The third-order valence-corrected chi connectivity index (χ3v) is 2.38. The van der Waals surface area contributed by atoms with Crippen molar-refractivity contribution < 1.29 is 4.79 Å². The van der Waals surface area contributed by atoms with Crippen LogP contribution in [0.2, 0.25) is 0 Å². The Kier molecular flexibility index (Phi) is 4.14. The average Bonchev–Trinajstić information content (AvgIpc) is 2.92. The molecule has 1 amide bonds. The van der Waals surface area contributed by atoms with E-state index in [1.165, 1.54) is 17.3 Å². The number of hydrogen-bond acceptors (Lipinski definition) is 6. The fraction of sp³-hybridized carbons (Fsp3) is 0.364. The standard InChI is InChI=1S/C11H15N7O/c1-17(2)6-5-13-11(19)9-3-4-10(16-15-9)18-8-12-7-14-18/h3-4,7-8H,5-6H2,1-2H3,(H,13,19). The average molecular weight is 261 g/mol. The van der Waals surface area contributed by atoms with Crippen molar-refractivity contribution in [3.05, 3.63) is 30.5 Å². The molecule has 8 nitrogen and oxygen atoms in total. The molecule has 0 aromatic carbocycles. The Labute approximate surface area is 110 Å². The molecule has 0 bridgehead atoms. The van der Waals surface area contributed by atoms with E-state index >= 15 is 0 Å². The lowest BCUT2D eigenvalue weighted by Crippen LogP contribution is -2.32. The van der Waals surface area contributed by atoms with Crippen LogP contribution in [0.5, 0.6) is 0 Å². The van der Waals surface area contributed by atoms with Gasteiger partial charge in [0.1, 0.15) is 12.7 Å². The molecule has 0 aliphatic heterocycles. The van der Waals surface area contributed by atoms with Crippen LogP contribution in [0, 0.1) is 0 Å². The maximum atomic E-state index is 11.8. The van der Waals surface area contributed by atoms with Gasteiger partial charge in [-0.2, -0.15) is 5.10 Å². The van der Waals surface area contributed by atoms with Gasteiger partial charge in [-0.1, -0.05) is 0 Å². The largest absolute Gasteiger partial charge is 0.349 e. The van der Waals surface area contributed by atoms with Gasteiger partial charge in [0.05, 0.1) is 0 Å².